The van der Waals surface area contributed by atoms with Gasteiger partial charge in [0.05, 0.1) is 7.11 Å². The van der Waals surface area contributed by atoms with Crippen LogP contribution in [0.1, 0.15) is 11.7 Å². The summed E-state index contributed by atoms with van der Waals surface area (Å²) < 4.78 is 50.8. The van der Waals surface area contributed by atoms with Crippen LogP contribution in [0, 0.1) is 0 Å². The molecule has 1 atom stereocenters. The Kier molecular flexibility index (Phi) is 7.43. The van der Waals surface area contributed by atoms with Crippen molar-refractivity contribution in [2.45, 2.75) is 12.5 Å². The Hall–Kier alpha value is -3.27. The molecule has 10 heteroatoms. The number of carbonyl (C=O) groups is 2. The minimum absolute atomic E-state index is 0.00148. The molecule has 29 heavy (non-hydrogen) atoms. The van der Waals surface area contributed by atoms with Crippen LogP contribution in [0.3, 0.4) is 0 Å². The summed E-state index contributed by atoms with van der Waals surface area (Å²) >= 11 is 0. The summed E-state index contributed by atoms with van der Waals surface area (Å²) in [6.45, 7) is 0.00148. The maximum Gasteiger partial charge on any atom is 0.573 e. The lowest BCUT2D eigenvalue weighted by Gasteiger charge is -2.19. The van der Waals surface area contributed by atoms with Gasteiger partial charge < -0.3 is 24.8 Å². The molecule has 2 rings (SSSR count). The van der Waals surface area contributed by atoms with Gasteiger partial charge in [-0.2, -0.15) is 0 Å². The Balaban J connectivity index is 1.92. The molecule has 0 saturated heterocycles. The molecule has 0 unspecified atom stereocenters. The molecule has 0 spiro atoms. The summed E-state index contributed by atoms with van der Waals surface area (Å²) in [4.78, 5) is 24.0. The Labute approximate surface area is 164 Å². The molecule has 0 heterocycles. The van der Waals surface area contributed by atoms with Gasteiger partial charge in [-0.3, -0.25) is 9.59 Å². The van der Waals surface area contributed by atoms with Crippen LogP contribution in [0.5, 0.6) is 11.5 Å². The van der Waals surface area contributed by atoms with Gasteiger partial charge in [-0.05, 0) is 30.3 Å². The molecule has 0 saturated carbocycles. The Morgan fingerprint density at radius 1 is 1.00 bits per heavy atom. The van der Waals surface area contributed by atoms with E-state index in [2.05, 4.69) is 15.4 Å². The van der Waals surface area contributed by atoms with Crippen molar-refractivity contribution in [2.75, 3.05) is 26.1 Å². The third-order valence-corrected chi connectivity index (χ3v) is 3.77. The Bertz CT molecular complexity index is 840. The molecule has 0 fully saturated rings. The lowest BCUT2D eigenvalue weighted by atomic mass is 10.1. The van der Waals surface area contributed by atoms with Gasteiger partial charge in [0.2, 0.25) is 0 Å². The second-order valence-electron chi connectivity index (χ2n) is 5.70. The van der Waals surface area contributed by atoms with E-state index in [1.165, 1.54) is 26.4 Å². The Morgan fingerprint density at radius 3 is 2.24 bits per heavy atom. The maximum atomic E-state index is 12.1. The number of ether oxygens (including phenoxy) is 3. The fourth-order valence-electron chi connectivity index (χ4n) is 2.45. The number of rotatable bonds is 7. The lowest BCUT2D eigenvalue weighted by molar-refractivity contribution is -0.274. The number of carbonyl (C=O) groups excluding carboxylic acids is 2. The predicted octanol–water partition coefficient (Wildman–Crippen LogP) is 3.04. The highest BCUT2D eigenvalue weighted by molar-refractivity contribution is 6.39. The molecule has 2 aromatic carbocycles. The van der Waals surface area contributed by atoms with E-state index >= 15 is 0 Å². The largest absolute Gasteiger partial charge is 0.573 e. The van der Waals surface area contributed by atoms with E-state index in [0.29, 0.717) is 11.3 Å². The van der Waals surface area contributed by atoms with Crippen LogP contribution in [0.25, 0.3) is 0 Å². The van der Waals surface area contributed by atoms with Crippen molar-refractivity contribution in [3.05, 3.63) is 54.1 Å². The van der Waals surface area contributed by atoms with E-state index < -0.39 is 30.0 Å². The normalized spacial score (nSPS) is 12.0. The highest BCUT2D eigenvalue weighted by Gasteiger charge is 2.31. The molecule has 156 valence electrons. The third-order valence-electron chi connectivity index (χ3n) is 3.77. The van der Waals surface area contributed by atoms with Crippen LogP contribution in [0.2, 0.25) is 0 Å². The van der Waals surface area contributed by atoms with Gasteiger partial charge >= 0.3 is 18.2 Å². The van der Waals surface area contributed by atoms with Crippen molar-refractivity contribution in [1.82, 2.24) is 5.32 Å². The molecule has 0 aliphatic carbocycles. The van der Waals surface area contributed by atoms with Crippen LogP contribution >= 0.6 is 0 Å². The number of benzene rings is 2. The molecule has 0 aliphatic rings. The molecular formula is C19H19F3N2O5. The highest BCUT2D eigenvalue weighted by Crippen LogP contribution is 2.26. The summed E-state index contributed by atoms with van der Waals surface area (Å²) in [7, 11) is 2.95. The number of alkyl halides is 3. The summed E-state index contributed by atoms with van der Waals surface area (Å²) in [5.41, 5.74) is 0.825. The SMILES string of the molecule is COc1ccccc1[C@H](CNC(=O)C(=O)Nc1ccc(OC(F)(F)F)cc1)OC. The number of hydrogen-bond donors (Lipinski definition) is 2. The quantitative estimate of drug-likeness (QED) is 0.683. The molecule has 7 nitrogen and oxygen atoms in total. The van der Waals surface area contributed by atoms with E-state index in [1.54, 1.807) is 24.3 Å². The summed E-state index contributed by atoms with van der Waals surface area (Å²) in [5, 5.41) is 4.72. The molecule has 0 aliphatic heterocycles. The predicted molar refractivity (Wildman–Crippen MR) is 97.5 cm³/mol. The van der Waals surface area contributed by atoms with Gasteiger partial charge in [-0.15, -0.1) is 13.2 Å². The first kappa shape index (κ1) is 22.0. The molecule has 0 bridgehead atoms. The monoisotopic (exact) mass is 412 g/mol. The van der Waals surface area contributed by atoms with Crippen LogP contribution in [0.4, 0.5) is 18.9 Å². The number of amides is 2. The standard InChI is InChI=1S/C19H19F3N2O5/c1-27-15-6-4-3-5-14(15)16(28-2)11-23-17(25)18(26)24-12-7-9-13(10-8-12)29-19(20,21)22/h3-10,16H,11H2,1-2H3,(H,23,25)(H,24,26)/t16-/m0/s1. The van der Waals surface area contributed by atoms with E-state index in [4.69, 9.17) is 9.47 Å². The summed E-state index contributed by atoms with van der Waals surface area (Å²) in [5.74, 6) is -1.79. The third kappa shape index (κ3) is 6.68. The Morgan fingerprint density at radius 2 is 1.66 bits per heavy atom. The van der Waals surface area contributed by atoms with Crippen molar-refractivity contribution in [3.8, 4) is 11.5 Å². The number of methoxy groups -OCH3 is 2. The number of anilines is 1. The molecule has 2 amide bonds. The van der Waals surface area contributed by atoms with Gasteiger partial charge in [0.15, 0.2) is 0 Å². The van der Waals surface area contributed by atoms with Crippen LogP contribution in [0.15, 0.2) is 48.5 Å². The zero-order chi connectivity index (χ0) is 21.4. The van der Waals surface area contributed by atoms with Crippen molar-refractivity contribution in [2.24, 2.45) is 0 Å². The molecule has 0 radical (unpaired) electrons. The molecule has 2 N–H and O–H groups in total. The number of halogens is 3. The van der Waals surface area contributed by atoms with Crippen LogP contribution in [-0.2, 0) is 14.3 Å². The average Bonchev–Trinajstić information content (AvgIpc) is 2.69. The number of para-hydroxylation sites is 1. The number of hydrogen-bond acceptors (Lipinski definition) is 5. The van der Waals surface area contributed by atoms with Crippen LogP contribution in [-0.4, -0.2) is 38.9 Å². The van der Waals surface area contributed by atoms with Crippen LogP contribution < -0.4 is 20.1 Å². The maximum absolute atomic E-state index is 12.1. The van der Waals surface area contributed by atoms with E-state index in [-0.39, 0.29) is 12.2 Å². The first-order chi connectivity index (χ1) is 13.7. The topological polar surface area (TPSA) is 85.9 Å². The minimum atomic E-state index is -4.82. The summed E-state index contributed by atoms with van der Waals surface area (Å²) in [6, 6.07) is 11.5. The highest BCUT2D eigenvalue weighted by atomic mass is 19.4. The van der Waals surface area contributed by atoms with Crippen molar-refractivity contribution >= 4 is 17.5 Å². The zero-order valence-electron chi connectivity index (χ0n) is 15.6. The van der Waals surface area contributed by atoms with Crippen molar-refractivity contribution < 1.29 is 37.0 Å². The van der Waals surface area contributed by atoms with E-state index in [9.17, 15) is 22.8 Å². The van der Waals surface area contributed by atoms with Gasteiger partial charge in [0.1, 0.15) is 17.6 Å². The fraction of sp³-hybridized carbons (Fsp3) is 0.263. The average molecular weight is 412 g/mol. The van der Waals surface area contributed by atoms with Crippen molar-refractivity contribution in [3.63, 3.8) is 0 Å². The first-order valence-corrected chi connectivity index (χ1v) is 8.34. The van der Waals surface area contributed by atoms with E-state index in [1.807, 2.05) is 0 Å². The lowest BCUT2D eigenvalue weighted by Crippen LogP contribution is -2.38. The molecule has 0 aromatic heterocycles. The fourth-order valence-corrected chi connectivity index (χ4v) is 2.45. The number of nitrogens with one attached hydrogen (secondary N) is 2. The second kappa shape index (κ2) is 9.78. The van der Waals surface area contributed by atoms with Gasteiger partial charge in [-0.25, -0.2) is 0 Å². The minimum Gasteiger partial charge on any atom is -0.496 e. The molecule has 2 aromatic rings. The van der Waals surface area contributed by atoms with E-state index in [0.717, 1.165) is 12.1 Å². The van der Waals surface area contributed by atoms with Gasteiger partial charge in [-0.1, -0.05) is 18.2 Å². The van der Waals surface area contributed by atoms with Gasteiger partial charge in [0.25, 0.3) is 0 Å². The van der Waals surface area contributed by atoms with Crippen molar-refractivity contribution in [1.29, 1.82) is 0 Å². The zero-order valence-corrected chi connectivity index (χ0v) is 15.6. The smallest absolute Gasteiger partial charge is 0.496 e. The summed E-state index contributed by atoms with van der Waals surface area (Å²) in [6.07, 6.45) is -5.37. The molecular weight excluding hydrogens is 393 g/mol. The van der Waals surface area contributed by atoms with Gasteiger partial charge in [0, 0.05) is 24.9 Å². The first-order valence-electron chi connectivity index (χ1n) is 8.34. The second-order valence-corrected chi connectivity index (χ2v) is 5.70.